The second kappa shape index (κ2) is 3.78. The van der Waals surface area contributed by atoms with E-state index in [1.54, 1.807) is 0 Å². The zero-order valence-electron chi connectivity index (χ0n) is 8.67. The highest BCUT2D eigenvalue weighted by Gasteiger charge is 2.28. The van der Waals surface area contributed by atoms with Crippen LogP contribution in [-0.4, -0.2) is 60.6 Å². The van der Waals surface area contributed by atoms with Gasteiger partial charge in [-0.3, -0.25) is 14.4 Å². The third-order valence-corrected chi connectivity index (χ3v) is 2.50. The standard InChI is InChI=1S/C9H20N3/c1-5-12(6-2)9-10(3)7-8-11(9)4/h5-8H2,1-4H3/q+1. The van der Waals surface area contributed by atoms with Crippen molar-refractivity contribution in [2.75, 3.05) is 40.3 Å². The highest BCUT2D eigenvalue weighted by atomic mass is 15.4. The van der Waals surface area contributed by atoms with Crippen molar-refractivity contribution < 1.29 is 4.58 Å². The largest absolute Gasteiger partial charge is 0.350 e. The molecule has 0 saturated carbocycles. The fraction of sp³-hybridized carbons (Fsp3) is 0.889. The van der Waals surface area contributed by atoms with Crippen molar-refractivity contribution in [3.63, 3.8) is 0 Å². The summed E-state index contributed by atoms with van der Waals surface area (Å²) in [4.78, 5) is 4.72. The summed E-state index contributed by atoms with van der Waals surface area (Å²) in [6.45, 7) is 8.92. The van der Waals surface area contributed by atoms with Gasteiger partial charge >= 0.3 is 5.96 Å². The van der Waals surface area contributed by atoms with Crippen molar-refractivity contribution in [3.8, 4) is 0 Å². The maximum atomic E-state index is 2.40. The van der Waals surface area contributed by atoms with Crippen molar-refractivity contribution in [1.82, 2.24) is 9.80 Å². The van der Waals surface area contributed by atoms with Crippen LogP contribution >= 0.6 is 0 Å². The number of hydrogen-bond acceptors (Lipinski definition) is 2. The molecular formula is C9H20N3+. The molecular weight excluding hydrogens is 150 g/mol. The summed E-state index contributed by atoms with van der Waals surface area (Å²) >= 11 is 0. The minimum absolute atomic E-state index is 1.10. The van der Waals surface area contributed by atoms with E-state index in [4.69, 9.17) is 0 Å². The number of rotatable bonds is 2. The number of hydrogen-bond donors (Lipinski definition) is 0. The molecule has 1 rings (SSSR count). The van der Waals surface area contributed by atoms with Crippen LogP contribution in [0, 0.1) is 0 Å². The van der Waals surface area contributed by atoms with Crippen molar-refractivity contribution in [2.24, 2.45) is 0 Å². The third kappa shape index (κ3) is 1.54. The van der Waals surface area contributed by atoms with Crippen LogP contribution in [0.4, 0.5) is 0 Å². The maximum absolute atomic E-state index is 2.40. The lowest BCUT2D eigenvalue weighted by atomic mass is 10.5. The van der Waals surface area contributed by atoms with Gasteiger partial charge in [-0.2, -0.15) is 0 Å². The Bertz CT molecular complexity index is 182. The smallest absolute Gasteiger partial charge is 0.265 e. The van der Waals surface area contributed by atoms with Crippen molar-refractivity contribution >= 4 is 5.96 Å². The summed E-state index contributed by atoms with van der Waals surface area (Å²) in [5.74, 6) is 1.38. The van der Waals surface area contributed by atoms with Crippen LogP contribution in [0.1, 0.15) is 13.8 Å². The topological polar surface area (TPSA) is 9.49 Å². The average molecular weight is 170 g/mol. The molecule has 0 fully saturated rings. The van der Waals surface area contributed by atoms with Gasteiger partial charge in [0.2, 0.25) is 0 Å². The van der Waals surface area contributed by atoms with Gasteiger partial charge in [-0.25, -0.2) is 0 Å². The van der Waals surface area contributed by atoms with E-state index in [9.17, 15) is 0 Å². The zero-order chi connectivity index (χ0) is 9.14. The van der Waals surface area contributed by atoms with Gasteiger partial charge in [0.1, 0.15) is 0 Å². The fourth-order valence-corrected chi connectivity index (χ4v) is 1.78. The van der Waals surface area contributed by atoms with Crippen LogP contribution in [-0.2, 0) is 0 Å². The molecule has 0 aromatic heterocycles. The lowest BCUT2D eigenvalue weighted by molar-refractivity contribution is -0.491. The van der Waals surface area contributed by atoms with E-state index in [2.05, 4.69) is 42.3 Å². The van der Waals surface area contributed by atoms with Crippen molar-refractivity contribution in [2.45, 2.75) is 13.8 Å². The second-order valence-corrected chi connectivity index (χ2v) is 3.32. The molecule has 0 aliphatic carbocycles. The van der Waals surface area contributed by atoms with Crippen LogP contribution in [0.2, 0.25) is 0 Å². The van der Waals surface area contributed by atoms with E-state index in [1.807, 2.05) is 0 Å². The van der Waals surface area contributed by atoms with Gasteiger partial charge in [0, 0.05) is 0 Å². The van der Waals surface area contributed by atoms with Crippen LogP contribution in [0.5, 0.6) is 0 Å². The summed E-state index contributed by atoms with van der Waals surface area (Å²) < 4.78 is 2.33. The number of nitrogens with zero attached hydrogens (tertiary/aromatic N) is 3. The predicted octanol–water partition coefficient (Wildman–Crippen LogP) is 0.272. The molecule has 0 bridgehead atoms. The Kier molecular flexibility index (Phi) is 2.95. The molecule has 0 aromatic rings. The SMILES string of the molecule is CCN(CC)C1=[N+](C)CCN1C. The zero-order valence-corrected chi connectivity index (χ0v) is 8.67. The fourth-order valence-electron chi connectivity index (χ4n) is 1.78. The summed E-state index contributed by atoms with van der Waals surface area (Å²) in [7, 11) is 4.33. The molecule has 1 heterocycles. The van der Waals surface area contributed by atoms with Gasteiger partial charge in [-0.1, -0.05) is 0 Å². The Morgan fingerprint density at radius 3 is 2.33 bits per heavy atom. The van der Waals surface area contributed by atoms with E-state index >= 15 is 0 Å². The summed E-state index contributed by atoms with van der Waals surface area (Å²) in [6, 6.07) is 0. The summed E-state index contributed by atoms with van der Waals surface area (Å²) in [5, 5.41) is 0. The molecule has 0 spiro atoms. The molecule has 3 nitrogen and oxygen atoms in total. The molecule has 0 N–H and O–H groups in total. The van der Waals surface area contributed by atoms with Crippen molar-refractivity contribution in [3.05, 3.63) is 0 Å². The maximum Gasteiger partial charge on any atom is 0.350 e. The average Bonchev–Trinajstić information content (AvgIpc) is 2.38. The molecule has 0 aromatic carbocycles. The Morgan fingerprint density at radius 2 is 2.00 bits per heavy atom. The van der Waals surface area contributed by atoms with E-state index in [0.29, 0.717) is 0 Å². The first-order valence-electron chi connectivity index (χ1n) is 4.74. The Labute approximate surface area is 75.3 Å². The van der Waals surface area contributed by atoms with E-state index in [0.717, 1.165) is 26.2 Å². The molecule has 0 saturated heterocycles. The Balaban J connectivity index is 2.76. The molecule has 0 unspecified atom stereocenters. The highest BCUT2D eigenvalue weighted by molar-refractivity contribution is 5.75. The first kappa shape index (κ1) is 9.36. The molecule has 12 heavy (non-hydrogen) atoms. The van der Waals surface area contributed by atoms with Gasteiger partial charge < -0.3 is 0 Å². The van der Waals surface area contributed by atoms with Crippen LogP contribution in [0.25, 0.3) is 0 Å². The minimum Gasteiger partial charge on any atom is -0.265 e. The van der Waals surface area contributed by atoms with Gasteiger partial charge in [-0.05, 0) is 13.8 Å². The number of likely N-dealkylation sites (N-methyl/N-ethyl adjacent to an activating group) is 2. The van der Waals surface area contributed by atoms with Crippen molar-refractivity contribution in [1.29, 1.82) is 0 Å². The summed E-state index contributed by atoms with van der Waals surface area (Å²) in [5.41, 5.74) is 0. The molecule has 1 aliphatic rings. The van der Waals surface area contributed by atoms with Crippen LogP contribution in [0.3, 0.4) is 0 Å². The molecule has 0 atom stereocenters. The molecule has 3 heteroatoms. The Morgan fingerprint density at radius 1 is 1.42 bits per heavy atom. The Hall–Kier alpha value is -0.730. The van der Waals surface area contributed by atoms with Crippen LogP contribution in [0.15, 0.2) is 0 Å². The van der Waals surface area contributed by atoms with E-state index in [-0.39, 0.29) is 0 Å². The lowest BCUT2D eigenvalue weighted by Gasteiger charge is -2.19. The quantitative estimate of drug-likeness (QED) is 0.550. The molecule has 0 radical (unpaired) electrons. The summed E-state index contributed by atoms with van der Waals surface area (Å²) in [6.07, 6.45) is 0. The lowest BCUT2D eigenvalue weighted by Crippen LogP contribution is -2.42. The van der Waals surface area contributed by atoms with E-state index < -0.39 is 0 Å². The van der Waals surface area contributed by atoms with Gasteiger partial charge in [-0.15, -0.1) is 0 Å². The second-order valence-electron chi connectivity index (χ2n) is 3.32. The molecule has 1 aliphatic heterocycles. The third-order valence-electron chi connectivity index (χ3n) is 2.50. The van der Waals surface area contributed by atoms with Gasteiger partial charge in [0.25, 0.3) is 0 Å². The normalized spacial score (nSPS) is 17.5. The molecule has 0 amide bonds. The van der Waals surface area contributed by atoms with Gasteiger partial charge in [0.15, 0.2) is 0 Å². The predicted molar refractivity (Wildman–Crippen MR) is 51.6 cm³/mol. The monoisotopic (exact) mass is 170 g/mol. The minimum atomic E-state index is 1.10. The first-order valence-corrected chi connectivity index (χ1v) is 4.74. The van der Waals surface area contributed by atoms with E-state index in [1.165, 1.54) is 5.96 Å². The first-order chi connectivity index (χ1) is 5.70. The van der Waals surface area contributed by atoms with Crippen LogP contribution < -0.4 is 0 Å². The molecule has 70 valence electrons. The highest BCUT2D eigenvalue weighted by Crippen LogP contribution is 2.02. The number of guanidine groups is 1. The van der Waals surface area contributed by atoms with Gasteiger partial charge in [0.05, 0.1) is 40.3 Å².